The zero-order valence-corrected chi connectivity index (χ0v) is 15.0. The van der Waals surface area contributed by atoms with Gasteiger partial charge in [-0.3, -0.25) is 9.59 Å². The van der Waals surface area contributed by atoms with Crippen LogP contribution in [0.2, 0.25) is 0 Å². The van der Waals surface area contributed by atoms with E-state index in [9.17, 15) is 18.0 Å². The second-order valence-electron chi connectivity index (χ2n) is 5.17. The minimum absolute atomic E-state index is 0.0151. The molecular formula is C14H18BrN3O4S. The molecule has 0 atom stereocenters. The maximum absolute atomic E-state index is 12.2. The van der Waals surface area contributed by atoms with Gasteiger partial charge in [-0.25, -0.2) is 13.1 Å². The molecule has 1 fully saturated rings. The van der Waals surface area contributed by atoms with E-state index in [-0.39, 0.29) is 29.0 Å². The third-order valence-electron chi connectivity index (χ3n) is 3.18. The van der Waals surface area contributed by atoms with Crippen LogP contribution in [0.4, 0.5) is 0 Å². The van der Waals surface area contributed by atoms with E-state index in [4.69, 9.17) is 0 Å². The van der Waals surface area contributed by atoms with Crippen LogP contribution in [0.3, 0.4) is 0 Å². The highest BCUT2D eigenvalue weighted by molar-refractivity contribution is 9.10. The molecule has 9 heteroatoms. The first-order chi connectivity index (χ1) is 10.8. The van der Waals surface area contributed by atoms with E-state index < -0.39 is 15.9 Å². The number of carbonyl (C=O) groups is 2. The van der Waals surface area contributed by atoms with Crippen molar-refractivity contribution in [3.8, 4) is 0 Å². The molecule has 7 nitrogen and oxygen atoms in total. The predicted molar refractivity (Wildman–Crippen MR) is 88.5 cm³/mol. The number of benzene rings is 1. The lowest BCUT2D eigenvalue weighted by molar-refractivity contribution is -0.120. The summed E-state index contributed by atoms with van der Waals surface area (Å²) in [7, 11) is -3.64. The molecule has 0 spiro atoms. The third kappa shape index (κ3) is 5.02. The Balaban J connectivity index is 2.13. The van der Waals surface area contributed by atoms with Crippen LogP contribution in [0.15, 0.2) is 27.6 Å². The quantitative estimate of drug-likeness (QED) is 0.624. The van der Waals surface area contributed by atoms with Gasteiger partial charge in [-0.2, -0.15) is 0 Å². The molecule has 1 aliphatic carbocycles. The van der Waals surface area contributed by atoms with Crippen LogP contribution >= 0.6 is 15.9 Å². The zero-order valence-electron chi connectivity index (χ0n) is 12.6. The molecule has 23 heavy (non-hydrogen) atoms. The van der Waals surface area contributed by atoms with E-state index in [1.165, 1.54) is 18.2 Å². The van der Waals surface area contributed by atoms with Crippen molar-refractivity contribution >= 4 is 37.8 Å². The SMILES string of the molecule is CCNC(=O)CNC(=O)c1cc(S(=O)(=O)NC2CC2)ccc1Br. The Morgan fingerprint density at radius 1 is 1.26 bits per heavy atom. The molecule has 1 aromatic carbocycles. The minimum Gasteiger partial charge on any atom is -0.355 e. The van der Waals surface area contributed by atoms with Crippen LogP contribution in [0, 0.1) is 0 Å². The molecular weight excluding hydrogens is 386 g/mol. The van der Waals surface area contributed by atoms with Crippen LogP contribution in [-0.2, 0) is 14.8 Å². The highest BCUT2D eigenvalue weighted by Gasteiger charge is 2.28. The second kappa shape index (κ2) is 7.41. The van der Waals surface area contributed by atoms with E-state index in [1.807, 2.05) is 0 Å². The summed E-state index contributed by atoms with van der Waals surface area (Å²) in [5.74, 6) is -0.831. The first kappa shape index (κ1) is 17.9. The molecule has 1 aliphatic rings. The van der Waals surface area contributed by atoms with Crippen LogP contribution in [0.1, 0.15) is 30.1 Å². The number of hydrogen-bond donors (Lipinski definition) is 3. The summed E-state index contributed by atoms with van der Waals surface area (Å²) in [4.78, 5) is 23.6. The summed E-state index contributed by atoms with van der Waals surface area (Å²) in [5, 5.41) is 5.02. The number of rotatable bonds is 7. The minimum atomic E-state index is -3.64. The van der Waals surface area contributed by atoms with Gasteiger partial charge in [0.05, 0.1) is 17.0 Å². The van der Waals surface area contributed by atoms with Crippen molar-refractivity contribution in [2.24, 2.45) is 0 Å². The van der Waals surface area contributed by atoms with Crippen molar-refractivity contribution < 1.29 is 18.0 Å². The van der Waals surface area contributed by atoms with Gasteiger partial charge in [0.25, 0.3) is 5.91 Å². The van der Waals surface area contributed by atoms with Crippen LogP contribution < -0.4 is 15.4 Å². The number of carbonyl (C=O) groups excluding carboxylic acids is 2. The summed E-state index contributed by atoms with van der Waals surface area (Å²) in [5.41, 5.74) is 0.160. The molecule has 0 heterocycles. The van der Waals surface area contributed by atoms with Crippen molar-refractivity contribution in [3.05, 3.63) is 28.2 Å². The third-order valence-corrected chi connectivity index (χ3v) is 5.39. The smallest absolute Gasteiger partial charge is 0.252 e. The molecule has 0 unspecified atom stereocenters. The monoisotopic (exact) mass is 403 g/mol. The van der Waals surface area contributed by atoms with Crippen molar-refractivity contribution in [2.75, 3.05) is 13.1 Å². The maximum atomic E-state index is 12.2. The van der Waals surface area contributed by atoms with Gasteiger partial charge in [0, 0.05) is 17.1 Å². The van der Waals surface area contributed by atoms with E-state index in [2.05, 4.69) is 31.3 Å². The second-order valence-corrected chi connectivity index (χ2v) is 7.74. The molecule has 126 valence electrons. The van der Waals surface area contributed by atoms with Crippen LogP contribution in [0.25, 0.3) is 0 Å². The molecule has 2 amide bonds. The molecule has 0 radical (unpaired) electrons. The van der Waals surface area contributed by atoms with Gasteiger partial charge in [0.1, 0.15) is 0 Å². The number of likely N-dealkylation sites (N-methyl/N-ethyl adjacent to an activating group) is 1. The van der Waals surface area contributed by atoms with Gasteiger partial charge in [0.2, 0.25) is 15.9 Å². The van der Waals surface area contributed by atoms with Crippen LogP contribution in [0.5, 0.6) is 0 Å². The fraction of sp³-hybridized carbons (Fsp3) is 0.429. The van der Waals surface area contributed by atoms with Gasteiger partial charge >= 0.3 is 0 Å². The van der Waals surface area contributed by atoms with E-state index >= 15 is 0 Å². The molecule has 0 bridgehead atoms. The standard InChI is InChI=1S/C14H18BrN3O4S/c1-2-16-13(19)8-17-14(20)11-7-10(5-6-12(11)15)23(21,22)18-9-3-4-9/h5-7,9,18H,2-4,8H2,1H3,(H,16,19)(H,17,20). The molecule has 0 aliphatic heterocycles. The molecule has 1 aromatic rings. The van der Waals surface area contributed by atoms with E-state index in [0.29, 0.717) is 11.0 Å². The Hall–Kier alpha value is -1.45. The molecule has 0 aromatic heterocycles. The van der Waals surface area contributed by atoms with Crippen molar-refractivity contribution in [2.45, 2.75) is 30.7 Å². The molecule has 2 rings (SSSR count). The average Bonchev–Trinajstić information content (AvgIpc) is 3.28. The summed E-state index contributed by atoms with van der Waals surface area (Å²) < 4.78 is 27.4. The number of amides is 2. The Bertz CT molecular complexity index is 717. The van der Waals surface area contributed by atoms with Crippen molar-refractivity contribution in [1.82, 2.24) is 15.4 Å². The lowest BCUT2D eigenvalue weighted by atomic mass is 10.2. The number of nitrogens with one attached hydrogen (secondary N) is 3. The van der Waals surface area contributed by atoms with Gasteiger partial charge < -0.3 is 10.6 Å². The molecule has 0 saturated heterocycles. The molecule has 1 saturated carbocycles. The average molecular weight is 404 g/mol. The van der Waals surface area contributed by atoms with Crippen molar-refractivity contribution in [3.63, 3.8) is 0 Å². The summed E-state index contributed by atoms with van der Waals surface area (Å²) in [6.07, 6.45) is 1.66. The lowest BCUT2D eigenvalue weighted by Gasteiger charge is -2.10. The van der Waals surface area contributed by atoms with E-state index in [1.54, 1.807) is 6.92 Å². The van der Waals surface area contributed by atoms with Gasteiger partial charge in [-0.05, 0) is 53.9 Å². The summed E-state index contributed by atoms with van der Waals surface area (Å²) >= 11 is 3.22. The topological polar surface area (TPSA) is 104 Å². The van der Waals surface area contributed by atoms with Gasteiger partial charge in [0.15, 0.2) is 0 Å². The largest absolute Gasteiger partial charge is 0.355 e. The van der Waals surface area contributed by atoms with Crippen molar-refractivity contribution in [1.29, 1.82) is 0 Å². The molecule has 3 N–H and O–H groups in total. The van der Waals surface area contributed by atoms with Crippen LogP contribution in [-0.4, -0.2) is 39.4 Å². The number of hydrogen-bond acceptors (Lipinski definition) is 4. The Morgan fingerprint density at radius 2 is 1.96 bits per heavy atom. The fourth-order valence-electron chi connectivity index (χ4n) is 1.85. The first-order valence-corrected chi connectivity index (χ1v) is 9.48. The van der Waals surface area contributed by atoms with Gasteiger partial charge in [-0.1, -0.05) is 0 Å². The predicted octanol–water partition coefficient (Wildman–Crippen LogP) is 0.756. The zero-order chi connectivity index (χ0) is 17.0. The highest BCUT2D eigenvalue weighted by Crippen LogP contribution is 2.25. The van der Waals surface area contributed by atoms with E-state index in [0.717, 1.165) is 12.8 Å². The lowest BCUT2D eigenvalue weighted by Crippen LogP contribution is -2.37. The number of sulfonamides is 1. The Labute approximate surface area is 143 Å². The Morgan fingerprint density at radius 3 is 2.57 bits per heavy atom. The maximum Gasteiger partial charge on any atom is 0.252 e. The highest BCUT2D eigenvalue weighted by atomic mass is 79.9. The normalized spacial score (nSPS) is 14.3. The first-order valence-electron chi connectivity index (χ1n) is 7.20. The number of halogens is 1. The Kier molecular flexibility index (Phi) is 5.77. The summed E-state index contributed by atoms with van der Waals surface area (Å²) in [6, 6.07) is 4.21. The summed E-state index contributed by atoms with van der Waals surface area (Å²) in [6.45, 7) is 2.08. The van der Waals surface area contributed by atoms with Gasteiger partial charge in [-0.15, -0.1) is 0 Å². The fourth-order valence-corrected chi connectivity index (χ4v) is 3.61.